The van der Waals surface area contributed by atoms with Crippen molar-refractivity contribution < 1.29 is 14.3 Å². The third-order valence-corrected chi connectivity index (χ3v) is 2.86. The van der Waals surface area contributed by atoms with E-state index in [4.69, 9.17) is 10.5 Å². The van der Waals surface area contributed by atoms with Gasteiger partial charge < -0.3 is 15.8 Å². The summed E-state index contributed by atoms with van der Waals surface area (Å²) in [5.74, 6) is -0.901. The van der Waals surface area contributed by atoms with Crippen LogP contribution in [-0.4, -0.2) is 27.9 Å². The van der Waals surface area contributed by atoms with Gasteiger partial charge in [-0.25, -0.2) is 4.98 Å². The van der Waals surface area contributed by atoms with E-state index in [0.717, 1.165) is 0 Å². The van der Waals surface area contributed by atoms with Crippen LogP contribution in [0, 0.1) is 0 Å². The molecule has 2 rings (SSSR count). The Balaban J connectivity index is 2.18. The van der Waals surface area contributed by atoms with E-state index in [1.165, 1.54) is 12.3 Å². The van der Waals surface area contributed by atoms with E-state index in [-0.39, 0.29) is 11.8 Å². The molecule has 7 nitrogen and oxygen atoms in total. The number of nitrogens with one attached hydrogen (secondary N) is 1. The summed E-state index contributed by atoms with van der Waals surface area (Å²) in [6.45, 7) is 3.72. The molecule has 0 fully saturated rings. The van der Waals surface area contributed by atoms with Crippen LogP contribution in [-0.2, 0) is 4.79 Å². The number of rotatable bonds is 6. The molecule has 23 heavy (non-hydrogen) atoms. The normalized spacial score (nSPS) is 11.8. The van der Waals surface area contributed by atoms with E-state index in [1.54, 1.807) is 30.3 Å². The number of ether oxygens (including phenoxy) is 1. The van der Waals surface area contributed by atoms with Crippen LogP contribution in [0.15, 0.2) is 42.6 Å². The molecule has 2 heterocycles. The summed E-state index contributed by atoms with van der Waals surface area (Å²) >= 11 is 0. The number of pyridine rings is 2. The van der Waals surface area contributed by atoms with E-state index in [9.17, 15) is 9.59 Å². The molecule has 3 N–H and O–H groups in total. The average Bonchev–Trinajstić information content (AvgIpc) is 2.52. The van der Waals surface area contributed by atoms with Gasteiger partial charge in [0.1, 0.15) is 5.69 Å². The Labute approximate surface area is 133 Å². The van der Waals surface area contributed by atoms with Crippen molar-refractivity contribution in [1.82, 2.24) is 15.3 Å². The van der Waals surface area contributed by atoms with Gasteiger partial charge in [0, 0.05) is 12.3 Å². The summed E-state index contributed by atoms with van der Waals surface area (Å²) in [6.07, 6.45) is 1.46. The highest BCUT2D eigenvalue weighted by atomic mass is 16.5. The minimum absolute atomic E-state index is 0.0623. The highest BCUT2D eigenvalue weighted by Gasteiger charge is 2.22. The Morgan fingerprint density at radius 1 is 1.17 bits per heavy atom. The van der Waals surface area contributed by atoms with Gasteiger partial charge >= 0.3 is 0 Å². The predicted octanol–water partition coefficient (Wildman–Crippen LogP) is 1.22. The van der Waals surface area contributed by atoms with Crippen molar-refractivity contribution in [3.8, 4) is 5.88 Å². The number of carbonyl (C=O) groups excluding carboxylic acids is 2. The topological polar surface area (TPSA) is 107 Å². The molecule has 0 bridgehead atoms. The first-order valence-electron chi connectivity index (χ1n) is 7.12. The van der Waals surface area contributed by atoms with Crippen molar-refractivity contribution in [2.24, 2.45) is 5.73 Å². The zero-order chi connectivity index (χ0) is 16.8. The van der Waals surface area contributed by atoms with Crippen LogP contribution in [0.3, 0.4) is 0 Å². The zero-order valence-corrected chi connectivity index (χ0v) is 12.9. The first-order chi connectivity index (χ1) is 11.0. The van der Waals surface area contributed by atoms with Crippen LogP contribution in [0.1, 0.15) is 36.1 Å². The predicted molar refractivity (Wildman–Crippen MR) is 83.6 cm³/mol. The first kappa shape index (κ1) is 16.4. The van der Waals surface area contributed by atoms with Crippen LogP contribution in [0.25, 0.3) is 0 Å². The Bertz CT molecular complexity index is 689. The van der Waals surface area contributed by atoms with Crippen LogP contribution in [0.2, 0.25) is 0 Å². The first-order valence-corrected chi connectivity index (χ1v) is 7.12. The smallest absolute Gasteiger partial charge is 0.270 e. The van der Waals surface area contributed by atoms with Gasteiger partial charge in [-0.1, -0.05) is 12.1 Å². The van der Waals surface area contributed by atoms with Gasteiger partial charge in [-0.2, -0.15) is 0 Å². The molecule has 2 aromatic heterocycles. The van der Waals surface area contributed by atoms with Crippen LogP contribution < -0.4 is 15.8 Å². The third-order valence-electron chi connectivity index (χ3n) is 2.86. The Morgan fingerprint density at radius 3 is 2.57 bits per heavy atom. The second kappa shape index (κ2) is 7.35. The third kappa shape index (κ3) is 4.50. The summed E-state index contributed by atoms with van der Waals surface area (Å²) in [5.41, 5.74) is 5.85. The zero-order valence-electron chi connectivity index (χ0n) is 12.9. The van der Waals surface area contributed by atoms with Gasteiger partial charge in [-0.15, -0.1) is 0 Å². The number of nitrogens with zero attached hydrogens (tertiary/aromatic N) is 2. The number of carbonyl (C=O) groups is 2. The molecule has 0 aliphatic carbocycles. The maximum atomic E-state index is 12.3. The number of aromatic nitrogens is 2. The number of amides is 2. The molecule has 0 aliphatic heterocycles. The molecule has 0 saturated carbocycles. The Kier molecular flexibility index (Phi) is 5.24. The van der Waals surface area contributed by atoms with Crippen molar-refractivity contribution in [2.45, 2.75) is 26.0 Å². The molecule has 0 spiro atoms. The number of primary amides is 1. The molecule has 120 valence electrons. The fraction of sp³-hybridized carbons (Fsp3) is 0.250. The molecule has 0 radical (unpaired) electrons. The Hall–Kier alpha value is -2.96. The summed E-state index contributed by atoms with van der Waals surface area (Å²) in [5, 5.41) is 2.54. The van der Waals surface area contributed by atoms with E-state index < -0.39 is 17.9 Å². The molecule has 7 heteroatoms. The number of hydrogen-bond acceptors (Lipinski definition) is 5. The van der Waals surface area contributed by atoms with Crippen LogP contribution >= 0.6 is 0 Å². The molecule has 1 atom stereocenters. The number of hydrogen-bond donors (Lipinski definition) is 2. The fourth-order valence-corrected chi connectivity index (χ4v) is 1.89. The van der Waals surface area contributed by atoms with Crippen molar-refractivity contribution in [3.63, 3.8) is 0 Å². The highest BCUT2D eigenvalue weighted by Crippen LogP contribution is 2.13. The lowest BCUT2D eigenvalue weighted by molar-refractivity contribution is -0.120. The molecular weight excluding hydrogens is 296 g/mol. The fourth-order valence-electron chi connectivity index (χ4n) is 1.89. The van der Waals surface area contributed by atoms with E-state index in [2.05, 4.69) is 15.3 Å². The molecule has 0 aromatic carbocycles. The summed E-state index contributed by atoms with van der Waals surface area (Å²) in [4.78, 5) is 32.1. The summed E-state index contributed by atoms with van der Waals surface area (Å²) in [7, 11) is 0. The summed E-state index contributed by atoms with van der Waals surface area (Å²) < 4.78 is 5.45. The molecule has 2 amide bonds. The van der Waals surface area contributed by atoms with Crippen molar-refractivity contribution >= 4 is 11.8 Å². The van der Waals surface area contributed by atoms with Crippen LogP contribution in [0.5, 0.6) is 5.88 Å². The molecule has 0 saturated heterocycles. The lowest BCUT2D eigenvalue weighted by Crippen LogP contribution is -2.38. The maximum absolute atomic E-state index is 12.3. The average molecular weight is 314 g/mol. The van der Waals surface area contributed by atoms with Gasteiger partial charge in [-0.3, -0.25) is 14.6 Å². The van der Waals surface area contributed by atoms with Crippen molar-refractivity contribution in [3.05, 3.63) is 54.0 Å². The molecule has 0 aliphatic rings. The molecular formula is C16H18N4O3. The largest absolute Gasteiger partial charge is 0.475 e. The van der Waals surface area contributed by atoms with Gasteiger partial charge in [0.2, 0.25) is 11.8 Å². The minimum atomic E-state index is -1.03. The van der Waals surface area contributed by atoms with Crippen molar-refractivity contribution in [1.29, 1.82) is 0 Å². The van der Waals surface area contributed by atoms with E-state index >= 15 is 0 Å². The quantitative estimate of drug-likeness (QED) is 0.833. The maximum Gasteiger partial charge on any atom is 0.270 e. The SMILES string of the molecule is CC(C)Oc1cccc(C(=O)NC(C(N)=O)c2ccccn2)n1. The van der Waals surface area contributed by atoms with Gasteiger partial charge in [0.05, 0.1) is 11.8 Å². The Morgan fingerprint density at radius 2 is 1.96 bits per heavy atom. The molecule has 1 unspecified atom stereocenters. The second-order valence-electron chi connectivity index (χ2n) is 5.09. The van der Waals surface area contributed by atoms with Crippen LogP contribution in [0.4, 0.5) is 0 Å². The van der Waals surface area contributed by atoms with Gasteiger partial charge in [0.25, 0.3) is 5.91 Å². The van der Waals surface area contributed by atoms with Gasteiger partial charge in [-0.05, 0) is 32.0 Å². The van der Waals surface area contributed by atoms with Crippen molar-refractivity contribution in [2.75, 3.05) is 0 Å². The minimum Gasteiger partial charge on any atom is -0.475 e. The van der Waals surface area contributed by atoms with Gasteiger partial charge in [0.15, 0.2) is 6.04 Å². The molecule has 2 aromatic rings. The monoisotopic (exact) mass is 314 g/mol. The number of nitrogens with two attached hydrogens (primary N) is 1. The highest BCUT2D eigenvalue weighted by molar-refractivity contribution is 5.96. The summed E-state index contributed by atoms with van der Waals surface area (Å²) in [6, 6.07) is 8.83. The van der Waals surface area contributed by atoms with E-state index in [1.807, 2.05) is 13.8 Å². The lowest BCUT2D eigenvalue weighted by Gasteiger charge is -2.15. The lowest BCUT2D eigenvalue weighted by atomic mass is 10.1. The standard InChI is InChI=1S/C16H18N4O3/c1-10(2)23-13-8-5-7-12(19-13)16(22)20-14(15(17)21)11-6-3-4-9-18-11/h3-10,14H,1-2H3,(H2,17,21)(H,20,22). The van der Waals surface area contributed by atoms with E-state index in [0.29, 0.717) is 11.6 Å². The second-order valence-corrected chi connectivity index (χ2v) is 5.09.